The second-order valence-electron chi connectivity index (χ2n) is 6.27. The maximum absolute atomic E-state index is 10.3. The molecule has 0 amide bonds. The van der Waals surface area contributed by atoms with Crippen molar-refractivity contribution in [2.75, 3.05) is 31.5 Å². The average molecular weight is 322 g/mol. The number of likely N-dealkylation sites (tertiary alicyclic amines) is 1. The van der Waals surface area contributed by atoms with E-state index in [-0.39, 0.29) is 0 Å². The number of aliphatic hydroxyl groups excluding tert-OH is 1. The molecule has 2 aromatic rings. The van der Waals surface area contributed by atoms with Gasteiger partial charge in [0.25, 0.3) is 0 Å². The monoisotopic (exact) mass is 322 g/mol. The van der Waals surface area contributed by atoms with Crippen molar-refractivity contribution in [3.63, 3.8) is 0 Å². The summed E-state index contributed by atoms with van der Waals surface area (Å²) in [4.78, 5) is 6.55. The molecule has 2 atom stereocenters. The molecular formula is C19H22N4O. The lowest BCUT2D eigenvalue weighted by molar-refractivity contribution is 0.124. The molecule has 1 fully saturated rings. The van der Waals surface area contributed by atoms with Crippen molar-refractivity contribution in [2.45, 2.75) is 12.5 Å². The number of rotatable bonds is 6. The lowest BCUT2D eigenvalue weighted by Crippen LogP contribution is -2.27. The smallest absolute Gasteiger partial charge is 0.125 e. The molecule has 3 rings (SSSR count). The van der Waals surface area contributed by atoms with Gasteiger partial charge in [0.1, 0.15) is 11.9 Å². The molecule has 1 aromatic carbocycles. The van der Waals surface area contributed by atoms with Gasteiger partial charge in [0, 0.05) is 25.8 Å². The molecule has 1 aliphatic heterocycles. The fourth-order valence-corrected chi connectivity index (χ4v) is 3.08. The largest absolute Gasteiger partial charge is 0.387 e. The molecule has 0 radical (unpaired) electrons. The Labute approximate surface area is 142 Å². The highest BCUT2D eigenvalue weighted by atomic mass is 16.3. The van der Waals surface area contributed by atoms with E-state index in [1.165, 1.54) is 0 Å². The number of benzene rings is 1. The van der Waals surface area contributed by atoms with E-state index in [9.17, 15) is 5.11 Å². The molecule has 0 bridgehead atoms. The molecule has 124 valence electrons. The van der Waals surface area contributed by atoms with Crippen LogP contribution in [0.5, 0.6) is 0 Å². The van der Waals surface area contributed by atoms with Gasteiger partial charge in [-0.3, -0.25) is 0 Å². The lowest BCUT2D eigenvalue weighted by atomic mass is 10.1. The summed E-state index contributed by atoms with van der Waals surface area (Å²) in [6.45, 7) is 3.52. The maximum atomic E-state index is 10.3. The third-order valence-electron chi connectivity index (χ3n) is 4.45. The molecule has 2 N–H and O–H groups in total. The fourth-order valence-electron chi connectivity index (χ4n) is 3.08. The number of pyridine rings is 1. The van der Waals surface area contributed by atoms with Gasteiger partial charge in [0.15, 0.2) is 0 Å². The number of β-amino-alcohol motifs (C(OH)–C–C–N with tert-alkyl or cyclic N) is 1. The van der Waals surface area contributed by atoms with Gasteiger partial charge in [-0.25, -0.2) is 4.98 Å². The van der Waals surface area contributed by atoms with Gasteiger partial charge in [-0.15, -0.1) is 0 Å². The molecule has 1 saturated heterocycles. The van der Waals surface area contributed by atoms with Crippen LogP contribution in [-0.4, -0.2) is 41.2 Å². The summed E-state index contributed by atoms with van der Waals surface area (Å²) in [6, 6.07) is 15.5. The zero-order valence-electron chi connectivity index (χ0n) is 13.6. The summed E-state index contributed by atoms with van der Waals surface area (Å²) >= 11 is 0. The Morgan fingerprint density at radius 2 is 2.12 bits per heavy atom. The molecule has 1 aliphatic rings. The quantitative estimate of drug-likeness (QED) is 0.854. The van der Waals surface area contributed by atoms with E-state index < -0.39 is 6.10 Å². The van der Waals surface area contributed by atoms with Gasteiger partial charge >= 0.3 is 0 Å². The first kappa shape index (κ1) is 16.4. The Balaban J connectivity index is 1.44. The van der Waals surface area contributed by atoms with Gasteiger partial charge in [-0.1, -0.05) is 30.3 Å². The van der Waals surface area contributed by atoms with Crippen molar-refractivity contribution >= 4 is 5.82 Å². The van der Waals surface area contributed by atoms with E-state index in [0.717, 1.165) is 37.4 Å². The number of hydrogen-bond acceptors (Lipinski definition) is 5. The second-order valence-corrected chi connectivity index (χ2v) is 6.27. The van der Waals surface area contributed by atoms with Crippen molar-refractivity contribution in [3.8, 4) is 6.07 Å². The highest BCUT2D eigenvalue weighted by Crippen LogP contribution is 2.21. The van der Waals surface area contributed by atoms with Gasteiger partial charge in [-0.05, 0) is 36.6 Å². The summed E-state index contributed by atoms with van der Waals surface area (Å²) < 4.78 is 0. The molecule has 1 aromatic heterocycles. The lowest BCUT2D eigenvalue weighted by Gasteiger charge is -2.20. The maximum Gasteiger partial charge on any atom is 0.125 e. The minimum Gasteiger partial charge on any atom is -0.387 e. The predicted octanol–water partition coefficient (Wildman–Crippen LogP) is 2.42. The number of anilines is 1. The van der Waals surface area contributed by atoms with Gasteiger partial charge in [-0.2, -0.15) is 5.26 Å². The number of aromatic nitrogens is 1. The number of aliphatic hydroxyl groups is 1. The fraction of sp³-hybridized carbons (Fsp3) is 0.368. The Morgan fingerprint density at radius 1 is 1.29 bits per heavy atom. The first-order valence-corrected chi connectivity index (χ1v) is 8.30. The van der Waals surface area contributed by atoms with Crippen molar-refractivity contribution in [1.82, 2.24) is 9.88 Å². The molecule has 5 heteroatoms. The van der Waals surface area contributed by atoms with Crippen LogP contribution in [0.15, 0.2) is 48.7 Å². The van der Waals surface area contributed by atoms with Crippen LogP contribution in [-0.2, 0) is 0 Å². The number of nitrogens with zero attached hydrogens (tertiary/aromatic N) is 3. The van der Waals surface area contributed by atoms with Crippen LogP contribution >= 0.6 is 0 Å². The molecule has 0 aliphatic carbocycles. The van der Waals surface area contributed by atoms with Gasteiger partial charge in [0.05, 0.1) is 11.7 Å². The summed E-state index contributed by atoms with van der Waals surface area (Å²) in [7, 11) is 0. The Hall–Kier alpha value is -2.42. The van der Waals surface area contributed by atoms with Crippen LogP contribution in [0, 0.1) is 17.2 Å². The predicted molar refractivity (Wildman–Crippen MR) is 93.4 cm³/mol. The summed E-state index contributed by atoms with van der Waals surface area (Å²) in [5.41, 5.74) is 1.54. The van der Waals surface area contributed by atoms with E-state index in [2.05, 4.69) is 21.3 Å². The number of nitriles is 1. The average Bonchev–Trinajstić information content (AvgIpc) is 3.08. The van der Waals surface area contributed by atoms with Crippen molar-refractivity contribution < 1.29 is 5.11 Å². The van der Waals surface area contributed by atoms with Crippen LogP contribution in [0.4, 0.5) is 5.82 Å². The molecule has 24 heavy (non-hydrogen) atoms. The van der Waals surface area contributed by atoms with Crippen LogP contribution < -0.4 is 5.32 Å². The molecule has 0 spiro atoms. The molecule has 2 heterocycles. The van der Waals surface area contributed by atoms with E-state index in [4.69, 9.17) is 5.26 Å². The number of hydrogen-bond donors (Lipinski definition) is 2. The van der Waals surface area contributed by atoms with Crippen molar-refractivity contribution in [1.29, 1.82) is 5.26 Å². The molecule has 0 saturated carbocycles. The minimum absolute atomic E-state index is 0.432. The SMILES string of the molecule is N#Cc1ccc(NCC2CCN(CC(O)c3ccccc3)C2)nc1. The summed E-state index contributed by atoms with van der Waals surface area (Å²) in [5, 5.41) is 22.4. The van der Waals surface area contributed by atoms with Gasteiger partial charge < -0.3 is 15.3 Å². The molecule has 2 unspecified atom stereocenters. The summed E-state index contributed by atoms with van der Waals surface area (Å²) in [6.07, 6.45) is 2.27. The zero-order chi connectivity index (χ0) is 16.8. The number of nitrogens with one attached hydrogen (secondary N) is 1. The second kappa shape index (κ2) is 7.91. The van der Waals surface area contributed by atoms with Crippen molar-refractivity contribution in [2.24, 2.45) is 5.92 Å². The third kappa shape index (κ3) is 4.31. The standard InChI is InChI=1S/C19H22N4O/c20-10-15-6-7-19(21-11-15)22-12-16-8-9-23(13-16)14-18(24)17-4-2-1-3-5-17/h1-7,11,16,18,24H,8-9,12-14H2,(H,21,22). The highest BCUT2D eigenvalue weighted by molar-refractivity contribution is 5.38. The summed E-state index contributed by atoms with van der Waals surface area (Å²) in [5.74, 6) is 1.35. The Bertz CT molecular complexity index is 681. The van der Waals surface area contributed by atoms with E-state index in [0.29, 0.717) is 18.0 Å². The first-order valence-electron chi connectivity index (χ1n) is 8.30. The molecule has 5 nitrogen and oxygen atoms in total. The minimum atomic E-state index is -0.432. The van der Waals surface area contributed by atoms with Gasteiger partial charge in [0.2, 0.25) is 0 Å². The Morgan fingerprint density at radius 3 is 2.83 bits per heavy atom. The third-order valence-corrected chi connectivity index (χ3v) is 4.45. The molecular weight excluding hydrogens is 300 g/mol. The van der Waals surface area contributed by atoms with Crippen LogP contribution in [0.1, 0.15) is 23.7 Å². The van der Waals surface area contributed by atoms with Crippen LogP contribution in [0.25, 0.3) is 0 Å². The highest BCUT2D eigenvalue weighted by Gasteiger charge is 2.24. The Kier molecular flexibility index (Phi) is 5.42. The first-order chi connectivity index (χ1) is 11.7. The van der Waals surface area contributed by atoms with Crippen LogP contribution in [0.2, 0.25) is 0 Å². The van der Waals surface area contributed by atoms with E-state index in [1.807, 2.05) is 36.4 Å². The topological polar surface area (TPSA) is 72.2 Å². The van der Waals surface area contributed by atoms with Crippen LogP contribution in [0.3, 0.4) is 0 Å². The van der Waals surface area contributed by atoms with E-state index >= 15 is 0 Å². The van der Waals surface area contributed by atoms with Crippen molar-refractivity contribution in [3.05, 3.63) is 59.8 Å². The zero-order valence-corrected chi connectivity index (χ0v) is 13.6. The normalized spacial score (nSPS) is 18.9. The van der Waals surface area contributed by atoms with E-state index in [1.54, 1.807) is 12.3 Å².